The Balaban J connectivity index is 2.54. The van der Waals surface area contributed by atoms with Crippen molar-refractivity contribution in [3.8, 4) is 6.07 Å². The zero-order valence-electron chi connectivity index (χ0n) is 9.06. The van der Waals surface area contributed by atoms with Crippen LogP contribution in [-0.4, -0.2) is 19.1 Å². The first-order valence-electron chi connectivity index (χ1n) is 5.23. The van der Waals surface area contributed by atoms with E-state index in [1.54, 1.807) is 0 Å². The van der Waals surface area contributed by atoms with Gasteiger partial charge in [0.15, 0.2) is 0 Å². The van der Waals surface area contributed by atoms with Gasteiger partial charge >= 0.3 is 0 Å². The molecule has 0 saturated carbocycles. The molecular formula is C12H17N3. The SMILES string of the molecule is CCN(CCC(N)C#N)c1ccccc1. The highest BCUT2D eigenvalue weighted by Gasteiger charge is 2.06. The minimum Gasteiger partial charge on any atom is -0.372 e. The van der Waals surface area contributed by atoms with E-state index >= 15 is 0 Å². The molecular weight excluding hydrogens is 186 g/mol. The van der Waals surface area contributed by atoms with Gasteiger partial charge in [0, 0.05) is 18.8 Å². The van der Waals surface area contributed by atoms with Crippen molar-refractivity contribution in [3.63, 3.8) is 0 Å². The Labute approximate surface area is 91.1 Å². The highest BCUT2D eigenvalue weighted by molar-refractivity contribution is 5.45. The first-order valence-corrected chi connectivity index (χ1v) is 5.23. The Morgan fingerprint density at radius 1 is 1.40 bits per heavy atom. The van der Waals surface area contributed by atoms with Gasteiger partial charge in [-0.2, -0.15) is 5.26 Å². The van der Waals surface area contributed by atoms with Crippen LogP contribution in [0, 0.1) is 11.3 Å². The second-order valence-corrected chi connectivity index (χ2v) is 3.44. The van der Waals surface area contributed by atoms with Crippen LogP contribution in [0.1, 0.15) is 13.3 Å². The average molecular weight is 203 g/mol. The minimum absolute atomic E-state index is 0.359. The standard InChI is InChI=1S/C12H17N3/c1-2-15(9-8-11(14)10-13)12-6-4-3-5-7-12/h3-7,11H,2,8-9,14H2,1H3. The summed E-state index contributed by atoms with van der Waals surface area (Å²) in [6, 6.07) is 11.9. The van der Waals surface area contributed by atoms with Crippen LogP contribution in [0.3, 0.4) is 0 Å². The minimum atomic E-state index is -0.359. The molecule has 0 radical (unpaired) electrons. The van der Waals surface area contributed by atoms with E-state index in [2.05, 4.69) is 24.0 Å². The van der Waals surface area contributed by atoms with Crippen molar-refractivity contribution < 1.29 is 0 Å². The van der Waals surface area contributed by atoms with Gasteiger partial charge in [0.05, 0.1) is 12.1 Å². The maximum Gasteiger partial charge on any atom is 0.0944 e. The third-order valence-electron chi connectivity index (χ3n) is 2.38. The fourth-order valence-electron chi connectivity index (χ4n) is 1.47. The summed E-state index contributed by atoms with van der Waals surface area (Å²) in [6.45, 7) is 3.86. The van der Waals surface area contributed by atoms with E-state index in [-0.39, 0.29) is 6.04 Å². The molecule has 0 saturated heterocycles. The highest BCUT2D eigenvalue weighted by Crippen LogP contribution is 2.13. The van der Waals surface area contributed by atoms with Crippen LogP contribution < -0.4 is 10.6 Å². The van der Waals surface area contributed by atoms with E-state index in [9.17, 15) is 0 Å². The lowest BCUT2D eigenvalue weighted by atomic mass is 10.2. The van der Waals surface area contributed by atoms with E-state index in [4.69, 9.17) is 11.0 Å². The third-order valence-corrected chi connectivity index (χ3v) is 2.38. The predicted octanol–water partition coefficient (Wildman–Crippen LogP) is 1.75. The van der Waals surface area contributed by atoms with Crippen LogP contribution in [0.2, 0.25) is 0 Å². The Bertz CT molecular complexity index is 315. The maximum absolute atomic E-state index is 8.60. The summed E-state index contributed by atoms with van der Waals surface area (Å²) in [5.41, 5.74) is 6.75. The molecule has 1 unspecified atom stereocenters. The van der Waals surface area contributed by atoms with E-state index in [1.165, 1.54) is 5.69 Å². The van der Waals surface area contributed by atoms with E-state index in [0.29, 0.717) is 6.42 Å². The second kappa shape index (κ2) is 6.05. The summed E-state index contributed by atoms with van der Waals surface area (Å²) in [5, 5.41) is 8.60. The van der Waals surface area contributed by atoms with Crippen molar-refractivity contribution in [2.45, 2.75) is 19.4 Å². The van der Waals surface area contributed by atoms with Crippen molar-refractivity contribution in [2.24, 2.45) is 5.73 Å². The van der Waals surface area contributed by atoms with E-state index in [1.807, 2.05) is 24.3 Å². The van der Waals surface area contributed by atoms with Crippen molar-refractivity contribution in [2.75, 3.05) is 18.0 Å². The molecule has 15 heavy (non-hydrogen) atoms. The van der Waals surface area contributed by atoms with Gasteiger partial charge in [0.25, 0.3) is 0 Å². The lowest BCUT2D eigenvalue weighted by molar-refractivity contribution is 0.693. The topological polar surface area (TPSA) is 53.0 Å². The number of nitrogens with zero attached hydrogens (tertiary/aromatic N) is 2. The largest absolute Gasteiger partial charge is 0.372 e. The van der Waals surface area contributed by atoms with Gasteiger partial charge in [0.1, 0.15) is 0 Å². The number of para-hydroxylation sites is 1. The zero-order valence-corrected chi connectivity index (χ0v) is 9.06. The Morgan fingerprint density at radius 3 is 2.60 bits per heavy atom. The van der Waals surface area contributed by atoms with Gasteiger partial charge in [-0.3, -0.25) is 0 Å². The molecule has 1 aromatic rings. The number of nitrogens with two attached hydrogens (primary N) is 1. The molecule has 3 heteroatoms. The molecule has 1 rings (SSSR count). The number of rotatable bonds is 5. The normalized spacial score (nSPS) is 11.8. The van der Waals surface area contributed by atoms with Gasteiger partial charge in [-0.25, -0.2) is 0 Å². The van der Waals surface area contributed by atoms with Crippen LogP contribution >= 0.6 is 0 Å². The summed E-state index contributed by atoms with van der Waals surface area (Å²) < 4.78 is 0. The first kappa shape index (κ1) is 11.5. The lowest BCUT2D eigenvalue weighted by Crippen LogP contribution is -2.29. The summed E-state index contributed by atoms with van der Waals surface area (Å²) in [5.74, 6) is 0. The van der Waals surface area contributed by atoms with Crippen LogP contribution in [-0.2, 0) is 0 Å². The van der Waals surface area contributed by atoms with Crippen LogP contribution in [0.4, 0.5) is 5.69 Å². The lowest BCUT2D eigenvalue weighted by Gasteiger charge is -2.23. The molecule has 0 heterocycles. The fraction of sp³-hybridized carbons (Fsp3) is 0.417. The van der Waals surface area contributed by atoms with Crippen molar-refractivity contribution in [1.29, 1.82) is 5.26 Å². The van der Waals surface area contributed by atoms with Gasteiger partial charge in [-0.15, -0.1) is 0 Å². The Kier molecular flexibility index (Phi) is 4.65. The van der Waals surface area contributed by atoms with Gasteiger partial charge in [-0.05, 0) is 25.5 Å². The Morgan fingerprint density at radius 2 is 2.07 bits per heavy atom. The van der Waals surface area contributed by atoms with Crippen molar-refractivity contribution in [3.05, 3.63) is 30.3 Å². The number of hydrogen-bond acceptors (Lipinski definition) is 3. The molecule has 80 valence electrons. The smallest absolute Gasteiger partial charge is 0.0944 e. The number of anilines is 1. The quantitative estimate of drug-likeness (QED) is 0.793. The molecule has 0 aliphatic carbocycles. The predicted molar refractivity (Wildman–Crippen MR) is 62.5 cm³/mol. The maximum atomic E-state index is 8.60. The molecule has 3 nitrogen and oxygen atoms in total. The average Bonchev–Trinajstić information content (AvgIpc) is 2.31. The van der Waals surface area contributed by atoms with Crippen LogP contribution in [0.15, 0.2) is 30.3 Å². The van der Waals surface area contributed by atoms with Gasteiger partial charge < -0.3 is 10.6 Å². The summed E-state index contributed by atoms with van der Waals surface area (Å²) >= 11 is 0. The second-order valence-electron chi connectivity index (χ2n) is 3.44. The molecule has 0 aliphatic rings. The van der Waals surface area contributed by atoms with E-state index in [0.717, 1.165) is 13.1 Å². The fourth-order valence-corrected chi connectivity index (χ4v) is 1.47. The van der Waals surface area contributed by atoms with E-state index < -0.39 is 0 Å². The molecule has 2 N–H and O–H groups in total. The molecule has 0 aliphatic heterocycles. The molecule has 0 spiro atoms. The van der Waals surface area contributed by atoms with Crippen molar-refractivity contribution in [1.82, 2.24) is 0 Å². The summed E-state index contributed by atoms with van der Waals surface area (Å²) in [4.78, 5) is 2.22. The molecule has 0 bridgehead atoms. The number of nitriles is 1. The number of benzene rings is 1. The Hall–Kier alpha value is -1.53. The monoisotopic (exact) mass is 203 g/mol. The summed E-state index contributed by atoms with van der Waals surface area (Å²) in [6.07, 6.45) is 0.708. The highest BCUT2D eigenvalue weighted by atomic mass is 15.1. The third kappa shape index (κ3) is 3.61. The van der Waals surface area contributed by atoms with Crippen LogP contribution in [0.5, 0.6) is 0 Å². The molecule has 1 aromatic carbocycles. The number of hydrogen-bond donors (Lipinski definition) is 1. The summed E-state index contributed by atoms with van der Waals surface area (Å²) in [7, 11) is 0. The van der Waals surface area contributed by atoms with Crippen LogP contribution in [0.25, 0.3) is 0 Å². The zero-order chi connectivity index (χ0) is 11.1. The van der Waals surface area contributed by atoms with Gasteiger partial charge in [0.2, 0.25) is 0 Å². The van der Waals surface area contributed by atoms with Crippen molar-refractivity contribution >= 4 is 5.69 Å². The van der Waals surface area contributed by atoms with Gasteiger partial charge in [-0.1, -0.05) is 18.2 Å². The molecule has 0 aromatic heterocycles. The molecule has 0 amide bonds. The first-order chi connectivity index (χ1) is 7.27. The molecule has 1 atom stereocenters. The molecule has 0 fully saturated rings.